The van der Waals surface area contributed by atoms with Crippen molar-refractivity contribution >= 4 is 32.9 Å². The smallest absolute Gasteiger partial charge is 0.211 e. The van der Waals surface area contributed by atoms with Crippen molar-refractivity contribution in [3.05, 3.63) is 0 Å². The van der Waals surface area contributed by atoms with Gasteiger partial charge in [0.2, 0.25) is 10.0 Å². The molecule has 0 radical (unpaired) electrons. The number of rotatable bonds is 3. The second-order valence-corrected chi connectivity index (χ2v) is 6.21. The minimum atomic E-state index is -2.97. The topological polar surface area (TPSA) is 49.4 Å². The molecule has 1 fully saturated rings. The maximum absolute atomic E-state index is 11.2. The molecule has 1 N–H and O–H groups in total. The van der Waals surface area contributed by atoms with Gasteiger partial charge in [-0.2, -0.15) is 0 Å². The van der Waals surface area contributed by atoms with Gasteiger partial charge < -0.3 is 0 Å². The van der Waals surface area contributed by atoms with E-state index in [0.29, 0.717) is 19.0 Å². The Kier molecular flexibility index (Phi) is 4.40. The van der Waals surface area contributed by atoms with Crippen LogP contribution in [0.5, 0.6) is 0 Å². The van der Waals surface area contributed by atoms with Gasteiger partial charge in [0.05, 0.1) is 6.26 Å². The van der Waals surface area contributed by atoms with Gasteiger partial charge in [-0.15, -0.1) is 0 Å². The molecule has 0 amide bonds. The Labute approximate surface area is 93.6 Å². The molecule has 0 aromatic heterocycles. The second-order valence-electron chi connectivity index (χ2n) is 3.47. The highest BCUT2D eigenvalue weighted by molar-refractivity contribution is 14.1. The van der Waals surface area contributed by atoms with E-state index < -0.39 is 10.0 Å². The molecule has 0 aliphatic carbocycles. The Bertz CT molecular complexity index is 253. The van der Waals surface area contributed by atoms with Crippen molar-refractivity contribution in [3.63, 3.8) is 0 Å². The lowest BCUT2D eigenvalue weighted by molar-refractivity contribution is 0.271. The van der Waals surface area contributed by atoms with E-state index >= 15 is 0 Å². The third kappa shape index (κ3) is 3.69. The van der Waals surface area contributed by atoms with Gasteiger partial charge in [0.1, 0.15) is 0 Å². The molecule has 1 rings (SSSR count). The first-order chi connectivity index (χ1) is 6.04. The number of nitrogens with zero attached hydrogens (tertiary/aromatic N) is 1. The van der Waals surface area contributed by atoms with Crippen molar-refractivity contribution < 1.29 is 8.42 Å². The predicted octanol–water partition coefficient (Wildman–Crippen LogP) is 0.598. The van der Waals surface area contributed by atoms with Gasteiger partial charge in [-0.05, 0) is 18.8 Å². The van der Waals surface area contributed by atoms with Crippen LogP contribution in [0.3, 0.4) is 0 Å². The molecule has 0 aromatic carbocycles. The summed E-state index contributed by atoms with van der Waals surface area (Å²) in [6.45, 7) is 2.26. The summed E-state index contributed by atoms with van der Waals surface area (Å²) in [5, 5.41) is 0. The van der Waals surface area contributed by atoms with Gasteiger partial charge >= 0.3 is 0 Å². The average Bonchev–Trinajstić information content (AvgIpc) is 2.04. The highest BCUT2D eigenvalue weighted by Crippen LogP contribution is 2.17. The third-order valence-corrected chi connectivity index (χ3v) is 4.03. The Hall–Kier alpha value is 0.600. The van der Waals surface area contributed by atoms with Crippen LogP contribution in [0.1, 0.15) is 12.8 Å². The van der Waals surface area contributed by atoms with E-state index in [1.807, 2.05) is 0 Å². The molecule has 1 atom stereocenters. The molecule has 78 valence electrons. The number of piperidine rings is 1. The fourth-order valence-electron chi connectivity index (χ4n) is 1.60. The minimum Gasteiger partial charge on any atom is -0.261 e. The lowest BCUT2D eigenvalue weighted by Crippen LogP contribution is -2.41. The maximum atomic E-state index is 11.2. The second kappa shape index (κ2) is 4.90. The first-order valence-corrected chi connectivity index (χ1v) is 7.25. The molecule has 1 aliphatic rings. The van der Waals surface area contributed by atoms with E-state index in [-0.39, 0.29) is 0 Å². The van der Waals surface area contributed by atoms with Gasteiger partial charge in [0.15, 0.2) is 0 Å². The van der Waals surface area contributed by atoms with Crippen molar-refractivity contribution in [2.75, 3.05) is 25.9 Å². The number of sulfonamides is 1. The molecule has 1 heterocycles. The van der Waals surface area contributed by atoms with Crippen LogP contribution >= 0.6 is 22.9 Å². The largest absolute Gasteiger partial charge is 0.261 e. The zero-order valence-corrected chi connectivity index (χ0v) is 10.6. The molecular formula is C7H15IN2O2S. The summed E-state index contributed by atoms with van der Waals surface area (Å²) in [5.41, 5.74) is 0. The first kappa shape index (κ1) is 11.7. The van der Waals surface area contributed by atoms with Gasteiger partial charge in [-0.1, -0.05) is 0 Å². The predicted molar refractivity (Wildman–Crippen MR) is 61.2 cm³/mol. The summed E-state index contributed by atoms with van der Waals surface area (Å²) in [6.07, 6.45) is 3.39. The summed E-state index contributed by atoms with van der Waals surface area (Å²) < 4.78 is 27.1. The molecule has 4 nitrogen and oxygen atoms in total. The number of hydrogen-bond acceptors (Lipinski definition) is 3. The van der Waals surface area contributed by atoms with Crippen molar-refractivity contribution in [3.8, 4) is 0 Å². The Morgan fingerprint density at radius 2 is 2.31 bits per heavy atom. The summed E-state index contributed by atoms with van der Waals surface area (Å²) >= 11 is 2.10. The number of halogens is 1. The van der Waals surface area contributed by atoms with Crippen LogP contribution in [0.4, 0.5) is 0 Å². The van der Waals surface area contributed by atoms with Gasteiger partial charge in [-0.25, -0.2) is 12.7 Å². The SMILES string of the molecule is CS(=O)(=O)N1CCCC(CNI)C1. The highest BCUT2D eigenvalue weighted by atomic mass is 127. The zero-order valence-electron chi connectivity index (χ0n) is 7.66. The van der Waals surface area contributed by atoms with E-state index in [1.54, 1.807) is 4.31 Å². The summed E-state index contributed by atoms with van der Waals surface area (Å²) in [7, 11) is -2.97. The standard InChI is InChI=1S/C7H15IN2O2S/c1-13(11,12)10-4-2-3-7(6-10)5-9-8/h7,9H,2-6H2,1H3. The maximum Gasteiger partial charge on any atom is 0.211 e. The molecular weight excluding hydrogens is 303 g/mol. The molecule has 1 saturated heterocycles. The molecule has 0 bridgehead atoms. The molecule has 1 aliphatic heterocycles. The molecule has 6 heteroatoms. The van der Waals surface area contributed by atoms with E-state index in [9.17, 15) is 8.42 Å². The first-order valence-electron chi connectivity index (χ1n) is 4.32. The van der Waals surface area contributed by atoms with Gasteiger partial charge in [-0.3, -0.25) is 3.53 Å². The van der Waals surface area contributed by atoms with E-state index in [0.717, 1.165) is 19.4 Å². The molecule has 1 unspecified atom stereocenters. The lowest BCUT2D eigenvalue weighted by Gasteiger charge is -2.30. The van der Waals surface area contributed by atoms with Crippen LogP contribution in [0.25, 0.3) is 0 Å². The van der Waals surface area contributed by atoms with E-state index in [1.165, 1.54) is 6.26 Å². The van der Waals surface area contributed by atoms with Crippen molar-refractivity contribution in [2.24, 2.45) is 5.92 Å². The minimum absolute atomic E-state index is 0.473. The van der Waals surface area contributed by atoms with Crippen LogP contribution in [-0.2, 0) is 10.0 Å². The lowest BCUT2D eigenvalue weighted by atomic mass is 10.0. The molecule has 0 spiro atoms. The van der Waals surface area contributed by atoms with Gasteiger partial charge in [0.25, 0.3) is 0 Å². The van der Waals surface area contributed by atoms with E-state index in [4.69, 9.17) is 0 Å². The molecule has 0 saturated carbocycles. The monoisotopic (exact) mass is 318 g/mol. The van der Waals surface area contributed by atoms with Crippen LogP contribution < -0.4 is 3.53 Å². The fourth-order valence-corrected chi connectivity index (χ4v) is 3.17. The highest BCUT2D eigenvalue weighted by Gasteiger charge is 2.25. The Morgan fingerprint density at radius 1 is 1.62 bits per heavy atom. The molecule has 0 aromatic rings. The summed E-state index contributed by atoms with van der Waals surface area (Å²) in [6, 6.07) is 0. The van der Waals surface area contributed by atoms with Crippen molar-refractivity contribution in [1.29, 1.82) is 0 Å². The fraction of sp³-hybridized carbons (Fsp3) is 1.00. The third-order valence-electron chi connectivity index (χ3n) is 2.32. The van der Waals surface area contributed by atoms with Gasteiger partial charge in [0, 0.05) is 42.5 Å². The van der Waals surface area contributed by atoms with Crippen LogP contribution in [0.15, 0.2) is 0 Å². The van der Waals surface area contributed by atoms with E-state index in [2.05, 4.69) is 26.4 Å². The zero-order chi connectivity index (χ0) is 9.90. The normalized spacial score (nSPS) is 26.2. The Morgan fingerprint density at radius 3 is 2.85 bits per heavy atom. The quantitative estimate of drug-likeness (QED) is 0.612. The van der Waals surface area contributed by atoms with Crippen LogP contribution in [-0.4, -0.2) is 38.6 Å². The van der Waals surface area contributed by atoms with Crippen molar-refractivity contribution in [1.82, 2.24) is 7.84 Å². The van der Waals surface area contributed by atoms with Crippen molar-refractivity contribution in [2.45, 2.75) is 12.8 Å². The average molecular weight is 318 g/mol. The summed E-state index contributed by atoms with van der Waals surface area (Å²) in [4.78, 5) is 0. The number of hydrogen-bond donors (Lipinski definition) is 1. The van der Waals surface area contributed by atoms with Crippen LogP contribution in [0, 0.1) is 5.92 Å². The molecule has 13 heavy (non-hydrogen) atoms. The Balaban J connectivity index is 2.52. The summed E-state index contributed by atoms with van der Waals surface area (Å²) in [5.74, 6) is 0.473. The van der Waals surface area contributed by atoms with Crippen LogP contribution in [0.2, 0.25) is 0 Å². The number of nitrogens with one attached hydrogen (secondary N) is 1.